The molecule has 4 aromatic rings. The van der Waals surface area contributed by atoms with Crippen LogP contribution in [0.15, 0.2) is 61.1 Å². The molecular weight excluding hydrogens is 470 g/mol. The van der Waals surface area contributed by atoms with E-state index in [1.165, 1.54) is 0 Å². The third-order valence-corrected chi connectivity index (χ3v) is 8.42. The van der Waals surface area contributed by atoms with Crippen LogP contribution in [0.1, 0.15) is 40.7 Å². The van der Waals surface area contributed by atoms with Crippen molar-refractivity contribution in [1.29, 1.82) is 5.26 Å². The predicted octanol–water partition coefficient (Wildman–Crippen LogP) is 5.58. The van der Waals surface area contributed by atoms with Crippen LogP contribution in [-0.4, -0.2) is 35.8 Å². The Bertz CT molecular complexity index is 1590. The van der Waals surface area contributed by atoms with Gasteiger partial charge in [0.15, 0.2) is 0 Å². The number of anilines is 2. The molecule has 0 radical (unpaired) electrons. The largest absolute Gasteiger partial charge is 0.361 e. The molecule has 1 aliphatic heterocycles. The standard InChI is InChI=1S/C28H27N5O2S/c1-20-25-11-12-31-27(25)10-9-26(20)32-28-23(17-30-18-24(28)16-29)8-7-21-5-4-6-22(15-21)19-36(34,35)33-13-2-3-14-33/h4-12,15,17-18,31H,2-3,13-14,19H2,1H3,(H,30,32). The van der Waals surface area contributed by atoms with Crippen molar-refractivity contribution >= 4 is 44.5 Å². The number of hydrogen-bond acceptors (Lipinski definition) is 5. The second-order valence-electron chi connectivity index (χ2n) is 9.01. The summed E-state index contributed by atoms with van der Waals surface area (Å²) in [5.74, 6) is -0.00608. The van der Waals surface area contributed by atoms with Gasteiger partial charge in [-0.1, -0.05) is 36.4 Å². The van der Waals surface area contributed by atoms with Crippen molar-refractivity contribution in [3.05, 3.63) is 88.9 Å². The highest BCUT2D eigenvalue weighted by molar-refractivity contribution is 7.88. The number of hydrogen-bond donors (Lipinski definition) is 2. The number of aromatic nitrogens is 2. The third kappa shape index (κ3) is 4.89. The number of nitriles is 1. The zero-order chi connectivity index (χ0) is 25.1. The number of H-pyrrole nitrogens is 1. The maximum atomic E-state index is 12.7. The number of sulfonamides is 1. The molecule has 8 heteroatoms. The van der Waals surface area contributed by atoms with Gasteiger partial charge >= 0.3 is 0 Å². The second kappa shape index (κ2) is 9.97. The van der Waals surface area contributed by atoms with Gasteiger partial charge in [0.05, 0.1) is 17.0 Å². The van der Waals surface area contributed by atoms with Crippen LogP contribution in [0, 0.1) is 18.3 Å². The van der Waals surface area contributed by atoms with Gasteiger partial charge in [-0.05, 0) is 54.7 Å². The summed E-state index contributed by atoms with van der Waals surface area (Å²) in [5, 5.41) is 14.3. The number of benzene rings is 2. The Kier molecular flexibility index (Phi) is 6.59. The van der Waals surface area contributed by atoms with E-state index in [0.717, 1.165) is 51.7 Å². The lowest BCUT2D eigenvalue weighted by Crippen LogP contribution is -2.29. The summed E-state index contributed by atoms with van der Waals surface area (Å²) in [7, 11) is -3.31. The molecule has 0 spiro atoms. The minimum absolute atomic E-state index is 0.00608. The highest BCUT2D eigenvalue weighted by Gasteiger charge is 2.25. The average molecular weight is 498 g/mol. The molecule has 0 aliphatic carbocycles. The summed E-state index contributed by atoms with van der Waals surface area (Å²) in [4.78, 5) is 7.46. The molecule has 1 saturated heterocycles. The molecule has 0 unspecified atom stereocenters. The van der Waals surface area contributed by atoms with E-state index < -0.39 is 10.0 Å². The summed E-state index contributed by atoms with van der Waals surface area (Å²) in [6.07, 6.45) is 10.8. The van der Waals surface area contributed by atoms with E-state index >= 15 is 0 Å². The Morgan fingerprint density at radius 1 is 1.14 bits per heavy atom. The Balaban J connectivity index is 1.42. The normalized spacial score (nSPS) is 14.4. The first-order valence-electron chi connectivity index (χ1n) is 11.9. The van der Waals surface area contributed by atoms with Crippen LogP contribution in [0.3, 0.4) is 0 Å². The number of aryl methyl sites for hydroxylation is 1. The summed E-state index contributed by atoms with van der Waals surface area (Å²) in [6, 6.07) is 15.8. The zero-order valence-corrected chi connectivity index (χ0v) is 20.8. The van der Waals surface area contributed by atoms with E-state index in [2.05, 4.69) is 21.4 Å². The van der Waals surface area contributed by atoms with Gasteiger partial charge in [-0.15, -0.1) is 0 Å². The third-order valence-electron chi connectivity index (χ3n) is 6.57. The quantitative estimate of drug-likeness (QED) is 0.347. The van der Waals surface area contributed by atoms with E-state index in [9.17, 15) is 13.7 Å². The first kappa shape index (κ1) is 23.8. The second-order valence-corrected chi connectivity index (χ2v) is 11.0. The Labute approximate surface area is 211 Å². The lowest BCUT2D eigenvalue weighted by atomic mass is 10.1. The van der Waals surface area contributed by atoms with Gasteiger partial charge in [0.2, 0.25) is 10.0 Å². The van der Waals surface area contributed by atoms with E-state index in [4.69, 9.17) is 0 Å². The fourth-order valence-corrected chi connectivity index (χ4v) is 6.22. The van der Waals surface area contributed by atoms with Crippen LogP contribution in [0.5, 0.6) is 0 Å². The van der Waals surface area contributed by atoms with Gasteiger partial charge in [-0.25, -0.2) is 12.7 Å². The maximum absolute atomic E-state index is 12.7. The predicted molar refractivity (Wildman–Crippen MR) is 144 cm³/mol. The van der Waals surface area contributed by atoms with Crippen molar-refractivity contribution in [3.8, 4) is 6.07 Å². The Hall–Kier alpha value is -3.93. The highest BCUT2D eigenvalue weighted by atomic mass is 32.2. The first-order valence-corrected chi connectivity index (χ1v) is 13.5. The number of pyridine rings is 1. The lowest BCUT2D eigenvalue weighted by Gasteiger charge is -2.15. The van der Waals surface area contributed by atoms with Crippen LogP contribution in [-0.2, 0) is 15.8 Å². The van der Waals surface area contributed by atoms with E-state index in [0.29, 0.717) is 24.3 Å². The molecule has 0 amide bonds. The molecule has 36 heavy (non-hydrogen) atoms. The van der Waals surface area contributed by atoms with Crippen molar-refractivity contribution < 1.29 is 8.42 Å². The zero-order valence-electron chi connectivity index (χ0n) is 20.0. The molecule has 2 N–H and O–H groups in total. The number of aromatic amines is 1. The molecule has 0 bridgehead atoms. The molecule has 3 heterocycles. The van der Waals surface area contributed by atoms with Crippen molar-refractivity contribution in [2.75, 3.05) is 18.4 Å². The first-order chi connectivity index (χ1) is 17.4. The molecule has 7 nitrogen and oxygen atoms in total. The van der Waals surface area contributed by atoms with E-state index in [-0.39, 0.29) is 5.75 Å². The molecule has 2 aromatic carbocycles. The number of fused-ring (bicyclic) bond motifs is 1. The van der Waals surface area contributed by atoms with Gasteiger partial charge in [0.1, 0.15) is 6.07 Å². The molecule has 0 atom stereocenters. The van der Waals surface area contributed by atoms with Crippen molar-refractivity contribution in [3.63, 3.8) is 0 Å². The van der Waals surface area contributed by atoms with Crippen LogP contribution in [0.25, 0.3) is 23.1 Å². The van der Waals surface area contributed by atoms with Gasteiger partial charge in [0, 0.05) is 53.8 Å². The Morgan fingerprint density at radius 3 is 2.78 bits per heavy atom. The summed E-state index contributed by atoms with van der Waals surface area (Å²) in [5.41, 5.74) is 6.55. The summed E-state index contributed by atoms with van der Waals surface area (Å²) < 4.78 is 27.0. The van der Waals surface area contributed by atoms with Crippen LogP contribution >= 0.6 is 0 Å². The van der Waals surface area contributed by atoms with Crippen molar-refractivity contribution in [1.82, 2.24) is 14.3 Å². The van der Waals surface area contributed by atoms with Crippen LogP contribution in [0.4, 0.5) is 11.4 Å². The molecule has 1 fully saturated rings. The number of nitrogens with one attached hydrogen (secondary N) is 2. The topological polar surface area (TPSA) is 102 Å². The molecule has 1 aliphatic rings. The minimum Gasteiger partial charge on any atom is -0.361 e. The summed E-state index contributed by atoms with van der Waals surface area (Å²) >= 11 is 0. The fourth-order valence-electron chi connectivity index (χ4n) is 4.62. The van der Waals surface area contributed by atoms with E-state index in [1.54, 1.807) is 16.7 Å². The molecular formula is C28H27N5O2S. The molecule has 2 aromatic heterocycles. The highest BCUT2D eigenvalue weighted by Crippen LogP contribution is 2.31. The minimum atomic E-state index is -3.31. The van der Waals surface area contributed by atoms with Gasteiger partial charge in [0.25, 0.3) is 0 Å². The van der Waals surface area contributed by atoms with E-state index in [1.807, 2.05) is 67.7 Å². The van der Waals surface area contributed by atoms with Gasteiger partial charge in [-0.2, -0.15) is 5.26 Å². The summed E-state index contributed by atoms with van der Waals surface area (Å²) in [6.45, 7) is 3.26. The molecule has 182 valence electrons. The fraction of sp³-hybridized carbons (Fsp3) is 0.214. The lowest BCUT2D eigenvalue weighted by molar-refractivity contribution is 0.476. The smallest absolute Gasteiger partial charge is 0.218 e. The van der Waals surface area contributed by atoms with Gasteiger partial charge in [-0.3, -0.25) is 4.98 Å². The maximum Gasteiger partial charge on any atom is 0.218 e. The van der Waals surface area contributed by atoms with Crippen molar-refractivity contribution in [2.24, 2.45) is 0 Å². The molecule has 0 saturated carbocycles. The SMILES string of the molecule is Cc1c(Nc2c(C#N)cncc2C=Cc2cccc(CS(=O)(=O)N3CCCC3)c2)ccc2[nH]ccc12. The van der Waals surface area contributed by atoms with Crippen molar-refractivity contribution in [2.45, 2.75) is 25.5 Å². The monoisotopic (exact) mass is 497 g/mol. The number of nitrogens with zero attached hydrogens (tertiary/aromatic N) is 3. The van der Waals surface area contributed by atoms with Crippen LogP contribution in [0.2, 0.25) is 0 Å². The average Bonchev–Trinajstić information content (AvgIpc) is 3.58. The Morgan fingerprint density at radius 2 is 1.97 bits per heavy atom. The molecule has 5 rings (SSSR count). The van der Waals surface area contributed by atoms with Crippen LogP contribution < -0.4 is 5.32 Å². The number of rotatable bonds is 7. The van der Waals surface area contributed by atoms with Gasteiger partial charge < -0.3 is 10.3 Å².